The lowest BCUT2D eigenvalue weighted by Gasteiger charge is -2.37. The molecule has 2 aliphatic rings. The SMILES string of the molecule is CCNc1nc(CC2CN(C)CCN2C)nc2c1CSC2. The topological polar surface area (TPSA) is 44.3 Å². The monoisotopic (exact) mass is 307 g/mol. The number of anilines is 1. The molecule has 3 heterocycles. The van der Waals surface area contributed by atoms with Gasteiger partial charge >= 0.3 is 0 Å². The number of nitrogens with zero attached hydrogens (tertiary/aromatic N) is 4. The molecule has 0 saturated carbocycles. The van der Waals surface area contributed by atoms with E-state index in [0.29, 0.717) is 6.04 Å². The molecule has 1 aromatic rings. The van der Waals surface area contributed by atoms with Gasteiger partial charge in [0.05, 0.1) is 5.69 Å². The van der Waals surface area contributed by atoms with E-state index in [4.69, 9.17) is 9.97 Å². The predicted molar refractivity (Wildman–Crippen MR) is 88.8 cm³/mol. The van der Waals surface area contributed by atoms with E-state index in [2.05, 4.69) is 36.1 Å². The van der Waals surface area contributed by atoms with Crippen molar-refractivity contribution in [2.75, 3.05) is 45.6 Å². The van der Waals surface area contributed by atoms with Crippen molar-refractivity contribution < 1.29 is 0 Å². The molecule has 1 atom stereocenters. The van der Waals surface area contributed by atoms with Crippen LogP contribution in [0.25, 0.3) is 0 Å². The van der Waals surface area contributed by atoms with Crippen molar-refractivity contribution in [1.82, 2.24) is 19.8 Å². The molecule has 116 valence electrons. The lowest BCUT2D eigenvalue weighted by atomic mass is 10.1. The van der Waals surface area contributed by atoms with Crippen LogP contribution in [-0.4, -0.2) is 66.1 Å². The number of likely N-dealkylation sites (N-methyl/N-ethyl adjacent to an activating group) is 2. The highest BCUT2D eigenvalue weighted by Gasteiger charge is 2.25. The van der Waals surface area contributed by atoms with Crippen LogP contribution in [0.3, 0.4) is 0 Å². The van der Waals surface area contributed by atoms with Crippen molar-refractivity contribution in [2.45, 2.75) is 30.9 Å². The molecule has 5 nitrogen and oxygen atoms in total. The third-order valence-corrected chi connectivity index (χ3v) is 5.34. The van der Waals surface area contributed by atoms with Crippen LogP contribution in [0.5, 0.6) is 0 Å². The Balaban J connectivity index is 1.80. The summed E-state index contributed by atoms with van der Waals surface area (Å²) in [6.07, 6.45) is 0.942. The fourth-order valence-electron chi connectivity index (χ4n) is 3.04. The standard InChI is InChI=1S/C15H25N5S/c1-4-16-15-12-9-21-10-13(12)17-14(18-15)7-11-8-19(2)5-6-20(11)3/h11H,4-10H2,1-3H3,(H,16,17,18). The summed E-state index contributed by atoms with van der Waals surface area (Å²) in [5, 5.41) is 3.42. The number of rotatable bonds is 4. The summed E-state index contributed by atoms with van der Waals surface area (Å²) in [6.45, 7) is 6.42. The number of hydrogen-bond acceptors (Lipinski definition) is 6. The number of thioether (sulfide) groups is 1. The van der Waals surface area contributed by atoms with Gasteiger partial charge in [-0.2, -0.15) is 11.8 Å². The lowest BCUT2D eigenvalue weighted by molar-refractivity contribution is 0.113. The Bertz CT molecular complexity index is 507. The van der Waals surface area contributed by atoms with Crippen LogP contribution in [0.4, 0.5) is 5.82 Å². The molecule has 0 amide bonds. The van der Waals surface area contributed by atoms with Crippen LogP contribution in [-0.2, 0) is 17.9 Å². The zero-order valence-corrected chi connectivity index (χ0v) is 14.0. The molecule has 1 unspecified atom stereocenters. The van der Waals surface area contributed by atoms with Crippen molar-refractivity contribution in [2.24, 2.45) is 0 Å². The number of hydrogen-bond donors (Lipinski definition) is 1. The molecule has 0 bridgehead atoms. The van der Waals surface area contributed by atoms with Gasteiger partial charge in [-0.15, -0.1) is 0 Å². The van der Waals surface area contributed by atoms with Crippen molar-refractivity contribution in [1.29, 1.82) is 0 Å². The normalized spacial score (nSPS) is 23.3. The van der Waals surface area contributed by atoms with Gasteiger partial charge in [0.1, 0.15) is 11.6 Å². The van der Waals surface area contributed by atoms with Crippen LogP contribution in [0.1, 0.15) is 24.0 Å². The van der Waals surface area contributed by atoms with E-state index >= 15 is 0 Å². The Morgan fingerprint density at radius 3 is 2.90 bits per heavy atom. The maximum atomic E-state index is 4.83. The number of piperazine rings is 1. The Morgan fingerprint density at radius 1 is 1.24 bits per heavy atom. The molecule has 0 radical (unpaired) electrons. The van der Waals surface area contributed by atoms with E-state index in [1.165, 1.54) is 11.3 Å². The fraction of sp³-hybridized carbons (Fsp3) is 0.733. The first-order valence-corrected chi connectivity index (χ1v) is 8.92. The quantitative estimate of drug-likeness (QED) is 0.908. The Morgan fingerprint density at radius 2 is 2.10 bits per heavy atom. The first-order chi connectivity index (χ1) is 10.2. The average molecular weight is 307 g/mol. The minimum absolute atomic E-state index is 0.519. The minimum atomic E-state index is 0.519. The largest absolute Gasteiger partial charge is 0.370 e. The summed E-state index contributed by atoms with van der Waals surface area (Å²) in [4.78, 5) is 14.5. The molecule has 21 heavy (non-hydrogen) atoms. The van der Waals surface area contributed by atoms with Crippen LogP contribution >= 0.6 is 11.8 Å². The Labute approximate surface area is 131 Å². The van der Waals surface area contributed by atoms with Crippen molar-refractivity contribution in [3.63, 3.8) is 0 Å². The second kappa shape index (κ2) is 6.50. The molecular formula is C15H25N5S. The smallest absolute Gasteiger partial charge is 0.134 e. The summed E-state index contributed by atoms with van der Waals surface area (Å²) in [5.74, 6) is 4.14. The van der Waals surface area contributed by atoms with Crippen LogP contribution < -0.4 is 5.32 Å². The second-order valence-corrected chi connectivity index (χ2v) is 7.02. The summed E-state index contributed by atoms with van der Waals surface area (Å²) in [7, 11) is 4.41. The van der Waals surface area contributed by atoms with E-state index in [1.807, 2.05) is 11.8 Å². The summed E-state index contributed by atoms with van der Waals surface area (Å²) < 4.78 is 0. The summed E-state index contributed by atoms with van der Waals surface area (Å²) in [6, 6.07) is 0.519. The van der Waals surface area contributed by atoms with Crippen molar-refractivity contribution in [3.8, 4) is 0 Å². The van der Waals surface area contributed by atoms with E-state index in [1.54, 1.807) is 0 Å². The average Bonchev–Trinajstić information content (AvgIpc) is 2.92. The van der Waals surface area contributed by atoms with Gasteiger partial charge in [-0.3, -0.25) is 0 Å². The molecule has 0 aromatic carbocycles. The van der Waals surface area contributed by atoms with Gasteiger partial charge in [0.2, 0.25) is 0 Å². The fourth-order valence-corrected chi connectivity index (χ4v) is 4.08. The number of aromatic nitrogens is 2. The first kappa shape index (κ1) is 15.1. The molecule has 1 saturated heterocycles. The molecule has 1 N–H and O–H groups in total. The third-order valence-electron chi connectivity index (χ3n) is 4.37. The van der Waals surface area contributed by atoms with E-state index in [9.17, 15) is 0 Å². The zero-order valence-electron chi connectivity index (χ0n) is 13.2. The van der Waals surface area contributed by atoms with E-state index in [0.717, 1.165) is 55.7 Å². The van der Waals surface area contributed by atoms with Gasteiger partial charge in [0.15, 0.2) is 0 Å². The molecule has 1 fully saturated rings. The van der Waals surface area contributed by atoms with Crippen molar-refractivity contribution in [3.05, 3.63) is 17.1 Å². The number of nitrogens with one attached hydrogen (secondary N) is 1. The van der Waals surface area contributed by atoms with E-state index < -0.39 is 0 Å². The molecule has 0 aliphatic carbocycles. The van der Waals surface area contributed by atoms with Crippen molar-refractivity contribution >= 4 is 17.6 Å². The van der Waals surface area contributed by atoms with Crippen LogP contribution in [0, 0.1) is 0 Å². The summed E-state index contributed by atoms with van der Waals surface area (Å²) >= 11 is 1.94. The summed E-state index contributed by atoms with van der Waals surface area (Å²) in [5.41, 5.74) is 2.56. The van der Waals surface area contributed by atoms with Gasteiger partial charge in [-0.25, -0.2) is 9.97 Å². The zero-order chi connectivity index (χ0) is 14.8. The lowest BCUT2D eigenvalue weighted by Crippen LogP contribution is -2.51. The van der Waals surface area contributed by atoms with Gasteiger partial charge in [-0.1, -0.05) is 0 Å². The van der Waals surface area contributed by atoms with Crippen LogP contribution in [0.2, 0.25) is 0 Å². The highest BCUT2D eigenvalue weighted by molar-refractivity contribution is 7.98. The van der Waals surface area contributed by atoms with Gasteiger partial charge < -0.3 is 15.1 Å². The molecule has 2 aliphatic heterocycles. The second-order valence-electron chi connectivity index (χ2n) is 6.04. The molecule has 0 spiro atoms. The molecule has 1 aromatic heterocycles. The minimum Gasteiger partial charge on any atom is -0.370 e. The van der Waals surface area contributed by atoms with Gasteiger partial charge in [-0.05, 0) is 21.0 Å². The molecule has 3 rings (SSSR count). The molecule has 6 heteroatoms. The maximum absolute atomic E-state index is 4.83. The molecular weight excluding hydrogens is 282 g/mol. The third kappa shape index (κ3) is 3.33. The number of fused-ring (bicyclic) bond motifs is 1. The highest BCUT2D eigenvalue weighted by Crippen LogP contribution is 2.33. The van der Waals surface area contributed by atoms with E-state index in [-0.39, 0.29) is 0 Å². The Kier molecular flexibility index (Phi) is 4.66. The highest BCUT2D eigenvalue weighted by atomic mass is 32.2. The maximum Gasteiger partial charge on any atom is 0.134 e. The Hall–Kier alpha value is -0.850. The predicted octanol–water partition coefficient (Wildman–Crippen LogP) is 1.44. The van der Waals surface area contributed by atoms with Crippen LogP contribution in [0.15, 0.2) is 0 Å². The van der Waals surface area contributed by atoms with Gasteiger partial charge in [0, 0.05) is 55.7 Å². The van der Waals surface area contributed by atoms with Gasteiger partial charge in [0.25, 0.3) is 0 Å². The first-order valence-electron chi connectivity index (χ1n) is 7.76.